The Hall–Kier alpha value is -4.10. The summed E-state index contributed by atoms with van der Waals surface area (Å²) in [6, 6.07) is 25.9. The van der Waals surface area contributed by atoms with Crippen molar-refractivity contribution in [3.05, 3.63) is 119 Å². The summed E-state index contributed by atoms with van der Waals surface area (Å²) < 4.78 is 7.45. The van der Waals surface area contributed by atoms with E-state index in [4.69, 9.17) is 9.72 Å². The minimum atomic E-state index is -0.0807. The van der Waals surface area contributed by atoms with Crippen molar-refractivity contribution in [2.75, 3.05) is 7.11 Å². The maximum absolute atomic E-state index is 12.7. The van der Waals surface area contributed by atoms with Gasteiger partial charge < -0.3 is 14.6 Å². The second-order valence-electron chi connectivity index (χ2n) is 8.79. The number of hydrogen-bond donors (Lipinski definition) is 1. The lowest BCUT2D eigenvalue weighted by Crippen LogP contribution is -2.23. The lowest BCUT2D eigenvalue weighted by molar-refractivity contribution is 0.0951. The van der Waals surface area contributed by atoms with Gasteiger partial charge in [0, 0.05) is 24.1 Å². The number of ether oxygens (including phenoxy) is 1. The summed E-state index contributed by atoms with van der Waals surface area (Å²) in [6.45, 7) is 3.20. The minimum Gasteiger partial charge on any atom is -0.497 e. The molecule has 2 aromatic heterocycles. The number of aromatic nitrogens is 3. The summed E-state index contributed by atoms with van der Waals surface area (Å²) in [6.07, 6.45) is 3.62. The number of benzene rings is 3. The number of nitrogens with zero attached hydrogens (tertiary/aromatic N) is 3. The van der Waals surface area contributed by atoms with Crippen molar-refractivity contribution in [3.63, 3.8) is 0 Å². The Morgan fingerprint density at radius 2 is 1.73 bits per heavy atom. The highest BCUT2D eigenvalue weighted by Gasteiger charge is 2.13. The molecule has 0 aliphatic rings. The highest BCUT2D eigenvalue weighted by atomic mass is 32.2. The van der Waals surface area contributed by atoms with E-state index >= 15 is 0 Å². The second-order valence-corrected chi connectivity index (χ2v) is 9.73. The highest BCUT2D eigenvalue weighted by molar-refractivity contribution is 7.98. The van der Waals surface area contributed by atoms with Crippen LogP contribution >= 0.6 is 11.8 Å². The Kier molecular flexibility index (Phi) is 7.51. The molecule has 0 saturated heterocycles. The molecule has 0 atom stereocenters. The molecule has 1 amide bonds. The van der Waals surface area contributed by atoms with Crippen LogP contribution in [0.25, 0.3) is 11.0 Å². The van der Waals surface area contributed by atoms with Crippen LogP contribution in [0.5, 0.6) is 5.75 Å². The van der Waals surface area contributed by atoms with Crippen LogP contribution in [-0.4, -0.2) is 27.6 Å². The van der Waals surface area contributed by atoms with Gasteiger partial charge in [-0.1, -0.05) is 60.3 Å². The summed E-state index contributed by atoms with van der Waals surface area (Å²) in [5.41, 5.74) is 7.12. The van der Waals surface area contributed by atoms with E-state index in [1.54, 1.807) is 25.1 Å². The molecule has 0 fully saturated rings. The van der Waals surface area contributed by atoms with Gasteiger partial charge in [-0.25, -0.2) is 4.98 Å². The van der Waals surface area contributed by atoms with Gasteiger partial charge in [0.1, 0.15) is 5.75 Å². The Labute approximate surface area is 220 Å². The monoisotopic (exact) mass is 508 g/mol. The fraction of sp³-hybridized carbons (Fsp3) is 0.167. The minimum absolute atomic E-state index is 0.0807. The highest BCUT2D eigenvalue weighted by Crippen LogP contribution is 2.28. The maximum Gasteiger partial charge on any atom is 0.251 e. The first-order valence-corrected chi connectivity index (χ1v) is 13.1. The number of amides is 1. The summed E-state index contributed by atoms with van der Waals surface area (Å²) in [7, 11) is 1.67. The van der Waals surface area contributed by atoms with Crippen LogP contribution in [0.2, 0.25) is 0 Å². The van der Waals surface area contributed by atoms with E-state index in [1.165, 1.54) is 11.1 Å². The summed E-state index contributed by atoms with van der Waals surface area (Å²) in [5, 5.41) is 3.95. The van der Waals surface area contributed by atoms with Gasteiger partial charge in [0.25, 0.3) is 5.91 Å². The fourth-order valence-corrected chi connectivity index (χ4v) is 5.08. The average Bonchev–Trinajstić information content (AvgIpc) is 3.29. The van der Waals surface area contributed by atoms with Crippen LogP contribution in [0.1, 0.15) is 32.6 Å². The molecular weight excluding hydrogens is 480 g/mol. The number of thioether (sulfide) groups is 1. The predicted molar refractivity (Wildman–Crippen MR) is 148 cm³/mol. The molecule has 1 N–H and O–H groups in total. The van der Waals surface area contributed by atoms with Crippen molar-refractivity contribution in [1.29, 1.82) is 0 Å². The first kappa shape index (κ1) is 24.6. The smallest absolute Gasteiger partial charge is 0.251 e. The molecule has 5 aromatic rings. The topological polar surface area (TPSA) is 69.0 Å². The van der Waals surface area contributed by atoms with Gasteiger partial charge in [-0.15, -0.1) is 0 Å². The van der Waals surface area contributed by atoms with Crippen LogP contribution in [0.3, 0.4) is 0 Å². The molecule has 5 rings (SSSR count). The standard InChI is InChI=1S/C30H28N4O2S/c1-21-5-3-4-6-25(21)17-32-29(35)24-11-7-22(8-12-24)19-34-28-18-31-16-15-27(28)33-30(34)37-20-23-9-13-26(36-2)14-10-23/h3-16,18H,17,19-20H2,1-2H3,(H,32,35). The predicted octanol–water partition coefficient (Wildman–Crippen LogP) is 6.02. The van der Waals surface area contributed by atoms with E-state index < -0.39 is 0 Å². The molecule has 0 saturated carbocycles. The van der Waals surface area contributed by atoms with Gasteiger partial charge >= 0.3 is 0 Å². The molecule has 0 aliphatic carbocycles. The van der Waals surface area contributed by atoms with Crippen LogP contribution in [0, 0.1) is 6.92 Å². The SMILES string of the molecule is COc1ccc(CSc2nc3ccncc3n2Cc2ccc(C(=O)NCc3ccccc3C)cc2)cc1. The zero-order valence-electron chi connectivity index (χ0n) is 20.8. The van der Waals surface area contributed by atoms with Gasteiger partial charge in [-0.3, -0.25) is 9.78 Å². The van der Waals surface area contributed by atoms with E-state index in [1.807, 2.05) is 66.9 Å². The third kappa shape index (κ3) is 5.84. The number of carbonyl (C=O) groups is 1. The van der Waals surface area contributed by atoms with Crippen molar-refractivity contribution >= 4 is 28.7 Å². The quantitative estimate of drug-likeness (QED) is 0.247. The normalized spacial score (nSPS) is 11.0. The Morgan fingerprint density at radius 1 is 0.973 bits per heavy atom. The van der Waals surface area contributed by atoms with E-state index in [-0.39, 0.29) is 5.91 Å². The Balaban J connectivity index is 1.29. The van der Waals surface area contributed by atoms with E-state index in [2.05, 4.69) is 40.0 Å². The Bertz CT molecular complexity index is 1510. The second kappa shape index (κ2) is 11.3. The molecule has 0 bridgehead atoms. The number of methoxy groups -OCH3 is 1. The number of imidazole rings is 1. The van der Waals surface area contributed by atoms with Crippen LogP contribution in [-0.2, 0) is 18.8 Å². The van der Waals surface area contributed by atoms with Crippen molar-refractivity contribution in [2.45, 2.75) is 30.9 Å². The number of fused-ring (bicyclic) bond motifs is 1. The molecule has 6 nitrogen and oxygen atoms in total. The summed E-state index contributed by atoms with van der Waals surface area (Å²) in [5.74, 6) is 1.56. The van der Waals surface area contributed by atoms with Crippen LogP contribution in [0.15, 0.2) is 96.4 Å². The average molecular weight is 509 g/mol. The number of carbonyl (C=O) groups excluding carboxylic acids is 1. The molecule has 2 heterocycles. The maximum atomic E-state index is 12.7. The molecule has 0 spiro atoms. The Morgan fingerprint density at radius 3 is 2.49 bits per heavy atom. The first-order chi connectivity index (χ1) is 18.1. The first-order valence-electron chi connectivity index (χ1n) is 12.1. The van der Waals surface area contributed by atoms with E-state index in [0.29, 0.717) is 18.7 Å². The number of nitrogens with one attached hydrogen (secondary N) is 1. The zero-order valence-corrected chi connectivity index (χ0v) is 21.7. The number of rotatable bonds is 9. The van der Waals surface area contributed by atoms with Gasteiger partial charge in [-0.2, -0.15) is 0 Å². The van der Waals surface area contributed by atoms with Gasteiger partial charge in [0.15, 0.2) is 5.16 Å². The summed E-state index contributed by atoms with van der Waals surface area (Å²) in [4.78, 5) is 21.9. The molecule has 7 heteroatoms. The number of pyridine rings is 1. The number of aryl methyl sites for hydroxylation is 1. The molecule has 0 unspecified atom stereocenters. The molecule has 3 aromatic carbocycles. The largest absolute Gasteiger partial charge is 0.497 e. The van der Waals surface area contributed by atoms with Gasteiger partial charge in [-0.05, 0) is 59.5 Å². The molecular formula is C30H28N4O2S. The van der Waals surface area contributed by atoms with Crippen LogP contribution < -0.4 is 10.1 Å². The van der Waals surface area contributed by atoms with Gasteiger partial charge in [0.2, 0.25) is 0 Å². The van der Waals surface area contributed by atoms with Crippen molar-refractivity contribution in [1.82, 2.24) is 19.9 Å². The third-order valence-electron chi connectivity index (χ3n) is 6.30. The molecule has 186 valence electrons. The van der Waals surface area contributed by atoms with Crippen molar-refractivity contribution in [2.24, 2.45) is 0 Å². The molecule has 0 radical (unpaired) electrons. The van der Waals surface area contributed by atoms with Crippen molar-refractivity contribution in [3.8, 4) is 5.75 Å². The van der Waals surface area contributed by atoms with Crippen molar-refractivity contribution < 1.29 is 9.53 Å². The third-order valence-corrected chi connectivity index (χ3v) is 7.35. The summed E-state index contributed by atoms with van der Waals surface area (Å²) >= 11 is 1.69. The van der Waals surface area contributed by atoms with Crippen LogP contribution in [0.4, 0.5) is 0 Å². The molecule has 37 heavy (non-hydrogen) atoms. The zero-order chi connectivity index (χ0) is 25.6. The fourth-order valence-electron chi connectivity index (χ4n) is 4.11. The molecule has 0 aliphatic heterocycles. The van der Waals surface area contributed by atoms with E-state index in [0.717, 1.165) is 38.8 Å². The van der Waals surface area contributed by atoms with Gasteiger partial charge in [0.05, 0.1) is 30.9 Å². The van der Waals surface area contributed by atoms with E-state index in [9.17, 15) is 4.79 Å². The number of hydrogen-bond acceptors (Lipinski definition) is 5. The lowest BCUT2D eigenvalue weighted by atomic mass is 10.1. The lowest BCUT2D eigenvalue weighted by Gasteiger charge is -2.11.